The Balaban J connectivity index is 2.52. The van der Waals surface area contributed by atoms with Crippen molar-refractivity contribution in [2.45, 2.75) is 18.8 Å². The number of hydrogen-bond acceptors (Lipinski definition) is 3. The van der Waals surface area contributed by atoms with E-state index >= 15 is 0 Å². The highest BCUT2D eigenvalue weighted by Crippen LogP contribution is 2.38. The molecule has 0 radical (unpaired) electrons. The van der Waals surface area contributed by atoms with Gasteiger partial charge in [0.1, 0.15) is 6.07 Å². The maximum Gasteiger partial charge on any atom is 0.267 e. The van der Waals surface area contributed by atoms with Gasteiger partial charge in [0.25, 0.3) is 5.56 Å². The molecule has 60 valence electrons. The van der Waals surface area contributed by atoms with Gasteiger partial charge in [0.05, 0.1) is 0 Å². The van der Waals surface area contributed by atoms with Gasteiger partial charge in [-0.05, 0) is 24.8 Å². The van der Waals surface area contributed by atoms with Crippen molar-refractivity contribution in [2.24, 2.45) is 0 Å². The minimum atomic E-state index is -0.156. The minimum absolute atomic E-state index is 0.156. The van der Waals surface area contributed by atoms with Crippen molar-refractivity contribution in [1.29, 1.82) is 5.26 Å². The van der Waals surface area contributed by atoms with Crippen molar-refractivity contribution in [3.05, 3.63) is 27.7 Å². The Morgan fingerprint density at radius 1 is 1.67 bits per heavy atom. The summed E-state index contributed by atoms with van der Waals surface area (Å²) in [7, 11) is 0. The van der Waals surface area contributed by atoms with E-state index in [0.717, 1.165) is 12.8 Å². The van der Waals surface area contributed by atoms with Gasteiger partial charge in [0.2, 0.25) is 0 Å². The van der Waals surface area contributed by atoms with Crippen molar-refractivity contribution in [2.75, 3.05) is 0 Å². The van der Waals surface area contributed by atoms with Crippen LogP contribution in [0.25, 0.3) is 0 Å². The molecule has 1 aromatic heterocycles. The van der Waals surface area contributed by atoms with E-state index in [1.807, 2.05) is 6.07 Å². The molecule has 1 fully saturated rings. The van der Waals surface area contributed by atoms with Gasteiger partial charge in [-0.25, -0.2) is 5.10 Å². The summed E-state index contributed by atoms with van der Waals surface area (Å²) in [4.78, 5) is 11.1. The highest BCUT2D eigenvalue weighted by molar-refractivity contribution is 5.27. The summed E-state index contributed by atoms with van der Waals surface area (Å²) in [5, 5.41) is 14.4. The van der Waals surface area contributed by atoms with Crippen LogP contribution in [-0.4, -0.2) is 10.2 Å². The third-order valence-corrected chi connectivity index (χ3v) is 1.96. The summed E-state index contributed by atoms with van der Waals surface area (Å²) in [5.74, 6) is 0.365. The van der Waals surface area contributed by atoms with Crippen LogP contribution >= 0.6 is 0 Å². The van der Waals surface area contributed by atoms with Crippen LogP contribution in [0, 0.1) is 11.3 Å². The number of hydrogen-bond donors (Lipinski definition) is 1. The van der Waals surface area contributed by atoms with E-state index < -0.39 is 0 Å². The molecule has 12 heavy (non-hydrogen) atoms. The maximum absolute atomic E-state index is 11.1. The molecule has 0 unspecified atom stereocenters. The highest BCUT2D eigenvalue weighted by Gasteiger charge is 2.26. The van der Waals surface area contributed by atoms with Crippen molar-refractivity contribution in [1.82, 2.24) is 10.2 Å². The smallest absolute Gasteiger partial charge is 0.267 e. The third kappa shape index (κ3) is 1.10. The summed E-state index contributed by atoms with van der Waals surface area (Å²) in [6.45, 7) is 0. The number of aromatic amines is 1. The SMILES string of the molecule is N#Cc1cc(C2CC2)c(=O)[nH]n1. The van der Waals surface area contributed by atoms with Gasteiger partial charge in [-0.1, -0.05) is 0 Å². The zero-order valence-corrected chi connectivity index (χ0v) is 6.37. The first-order valence-electron chi connectivity index (χ1n) is 3.81. The number of aromatic nitrogens is 2. The molecule has 0 saturated heterocycles. The Morgan fingerprint density at radius 2 is 2.42 bits per heavy atom. The summed E-state index contributed by atoms with van der Waals surface area (Å²) in [5.41, 5.74) is 0.842. The monoisotopic (exact) mass is 161 g/mol. The van der Waals surface area contributed by atoms with Crippen LogP contribution in [0.3, 0.4) is 0 Å². The molecule has 1 aromatic rings. The quantitative estimate of drug-likeness (QED) is 0.652. The molecule has 2 rings (SSSR count). The van der Waals surface area contributed by atoms with Crippen LogP contribution in [-0.2, 0) is 0 Å². The normalized spacial score (nSPS) is 15.6. The third-order valence-electron chi connectivity index (χ3n) is 1.96. The Kier molecular flexibility index (Phi) is 1.44. The van der Waals surface area contributed by atoms with Gasteiger partial charge in [-0.15, -0.1) is 0 Å². The van der Waals surface area contributed by atoms with Gasteiger partial charge in [0.15, 0.2) is 5.69 Å². The number of nitriles is 1. The molecule has 0 bridgehead atoms. The lowest BCUT2D eigenvalue weighted by Gasteiger charge is -1.94. The molecular formula is C8H7N3O. The molecule has 1 saturated carbocycles. The van der Waals surface area contributed by atoms with E-state index in [4.69, 9.17) is 5.26 Å². The molecule has 0 spiro atoms. The molecule has 0 atom stereocenters. The van der Waals surface area contributed by atoms with Gasteiger partial charge < -0.3 is 0 Å². The fraction of sp³-hybridized carbons (Fsp3) is 0.375. The van der Waals surface area contributed by atoms with Gasteiger partial charge in [-0.3, -0.25) is 4.79 Å². The summed E-state index contributed by atoms with van der Waals surface area (Å²) < 4.78 is 0. The Morgan fingerprint density at radius 3 is 3.00 bits per heavy atom. The molecule has 0 aromatic carbocycles. The molecule has 4 heteroatoms. The zero-order chi connectivity index (χ0) is 8.55. The first-order chi connectivity index (χ1) is 5.81. The van der Waals surface area contributed by atoms with Crippen LogP contribution in [0.2, 0.25) is 0 Å². The van der Waals surface area contributed by atoms with Crippen molar-refractivity contribution < 1.29 is 0 Å². The van der Waals surface area contributed by atoms with E-state index in [1.165, 1.54) is 0 Å². The number of nitrogens with one attached hydrogen (secondary N) is 1. The second kappa shape index (κ2) is 2.45. The second-order valence-electron chi connectivity index (χ2n) is 2.92. The topological polar surface area (TPSA) is 69.5 Å². The van der Waals surface area contributed by atoms with Crippen LogP contribution in [0.1, 0.15) is 30.0 Å². The lowest BCUT2D eigenvalue weighted by molar-refractivity contribution is 0.920. The lowest BCUT2D eigenvalue weighted by atomic mass is 10.2. The van der Waals surface area contributed by atoms with E-state index in [9.17, 15) is 4.79 Å². The predicted molar refractivity (Wildman–Crippen MR) is 41.5 cm³/mol. The minimum Gasteiger partial charge on any atom is -0.268 e. The number of H-pyrrole nitrogens is 1. The average Bonchev–Trinajstić information content (AvgIpc) is 2.88. The molecule has 4 nitrogen and oxygen atoms in total. The van der Waals surface area contributed by atoms with Gasteiger partial charge in [0, 0.05) is 5.56 Å². The zero-order valence-electron chi connectivity index (χ0n) is 6.37. The Hall–Kier alpha value is -1.63. The second-order valence-corrected chi connectivity index (χ2v) is 2.92. The van der Waals surface area contributed by atoms with Crippen LogP contribution in [0.5, 0.6) is 0 Å². The number of nitrogens with zero attached hydrogens (tertiary/aromatic N) is 2. The van der Waals surface area contributed by atoms with E-state index in [1.54, 1.807) is 6.07 Å². The molecule has 1 heterocycles. The molecule has 1 aliphatic rings. The van der Waals surface area contributed by atoms with Gasteiger partial charge in [-0.2, -0.15) is 10.4 Å². The largest absolute Gasteiger partial charge is 0.268 e. The Labute approximate surface area is 68.8 Å². The predicted octanol–water partition coefficient (Wildman–Crippen LogP) is 0.519. The fourth-order valence-corrected chi connectivity index (χ4v) is 1.18. The summed E-state index contributed by atoms with van der Waals surface area (Å²) >= 11 is 0. The first-order valence-corrected chi connectivity index (χ1v) is 3.81. The highest BCUT2D eigenvalue weighted by atomic mass is 16.1. The maximum atomic E-state index is 11.1. The lowest BCUT2D eigenvalue weighted by Crippen LogP contribution is -2.13. The first kappa shape index (κ1) is 7.04. The molecule has 1 N–H and O–H groups in total. The van der Waals surface area contributed by atoms with Crippen LogP contribution < -0.4 is 5.56 Å². The standard InChI is InChI=1S/C8H7N3O/c9-4-6-3-7(5-1-2-5)8(12)11-10-6/h3,5H,1-2H2,(H,11,12). The number of rotatable bonds is 1. The van der Waals surface area contributed by atoms with Crippen LogP contribution in [0.4, 0.5) is 0 Å². The van der Waals surface area contributed by atoms with E-state index in [-0.39, 0.29) is 11.3 Å². The molecular weight excluding hydrogens is 154 g/mol. The molecule has 1 aliphatic carbocycles. The van der Waals surface area contributed by atoms with Crippen molar-refractivity contribution in [3.8, 4) is 6.07 Å². The molecule has 0 aliphatic heterocycles. The van der Waals surface area contributed by atoms with Crippen molar-refractivity contribution in [3.63, 3.8) is 0 Å². The average molecular weight is 161 g/mol. The van der Waals surface area contributed by atoms with Crippen LogP contribution in [0.15, 0.2) is 10.9 Å². The van der Waals surface area contributed by atoms with Crippen molar-refractivity contribution >= 4 is 0 Å². The summed E-state index contributed by atoms with van der Waals surface area (Å²) in [6.07, 6.45) is 2.11. The van der Waals surface area contributed by atoms with E-state index in [2.05, 4.69) is 10.2 Å². The summed E-state index contributed by atoms with van der Waals surface area (Å²) in [6, 6.07) is 3.48. The molecule has 0 amide bonds. The Bertz CT molecular complexity index is 397. The van der Waals surface area contributed by atoms with Gasteiger partial charge >= 0.3 is 0 Å². The fourth-order valence-electron chi connectivity index (χ4n) is 1.18. The van der Waals surface area contributed by atoms with E-state index in [0.29, 0.717) is 11.5 Å².